The Kier molecular flexibility index (Phi) is 7.42. The lowest BCUT2D eigenvalue weighted by atomic mass is 9.61. The van der Waals surface area contributed by atoms with Gasteiger partial charge in [0.1, 0.15) is 0 Å². The lowest BCUT2D eigenvalue weighted by Crippen LogP contribution is -2.43. The normalized spacial score (nSPS) is 33.7. The highest BCUT2D eigenvalue weighted by Crippen LogP contribution is 2.58. The van der Waals surface area contributed by atoms with Crippen LogP contribution in [0.4, 0.5) is 0 Å². The molecule has 29 heavy (non-hydrogen) atoms. The van der Waals surface area contributed by atoms with E-state index >= 15 is 0 Å². The van der Waals surface area contributed by atoms with Crippen molar-refractivity contribution in [1.29, 1.82) is 0 Å². The second kappa shape index (κ2) is 9.47. The number of aliphatic hydroxyl groups excluding tert-OH is 2. The van der Waals surface area contributed by atoms with Gasteiger partial charge in [-0.3, -0.25) is 0 Å². The van der Waals surface area contributed by atoms with Crippen LogP contribution in [0, 0.1) is 23.2 Å². The number of aliphatic hydroxyl groups is 3. The van der Waals surface area contributed by atoms with Crippen LogP contribution in [0.5, 0.6) is 0 Å². The van der Waals surface area contributed by atoms with Crippen LogP contribution < -0.4 is 0 Å². The third-order valence-electron chi connectivity index (χ3n) is 7.79. The predicted octanol–water partition coefficient (Wildman–Crippen LogP) is 4.31. The quantitative estimate of drug-likeness (QED) is 0.574. The molecule has 0 saturated heterocycles. The van der Waals surface area contributed by atoms with Crippen molar-refractivity contribution in [3.63, 3.8) is 0 Å². The maximum Gasteiger partial charge on any atom is 0.0874 e. The molecule has 1 aromatic carbocycles. The van der Waals surface area contributed by atoms with Crippen molar-refractivity contribution in [1.82, 2.24) is 0 Å². The highest BCUT2D eigenvalue weighted by atomic mass is 16.5. The van der Waals surface area contributed by atoms with Crippen molar-refractivity contribution in [3.8, 4) is 0 Å². The van der Waals surface area contributed by atoms with Gasteiger partial charge in [-0.1, -0.05) is 50.6 Å². The number of hydrogen-bond donors (Lipinski definition) is 3. The molecule has 3 N–H and O–H groups in total. The maximum atomic E-state index is 10.5. The third kappa shape index (κ3) is 5.41. The standard InChI is InChI=1S/C25H40O4/c1-18(14-20(27)15-24(2,28)17-26)21-11-12-22-23(10-7-13-25(21,22)3)29-16-19-8-5-4-6-9-19/h4-6,8-9,18,20-23,26-28H,7,10-17H2,1-3H3/t18-,20+,21-,22+,23+,24-,25-/m1/s1. The van der Waals surface area contributed by atoms with Crippen LogP contribution in [-0.2, 0) is 11.3 Å². The van der Waals surface area contributed by atoms with Gasteiger partial charge in [-0.25, -0.2) is 0 Å². The zero-order chi connectivity index (χ0) is 21.1. The first-order chi connectivity index (χ1) is 13.7. The van der Waals surface area contributed by atoms with E-state index in [-0.39, 0.29) is 18.4 Å². The Bertz CT molecular complexity index is 631. The molecule has 164 valence electrons. The van der Waals surface area contributed by atoms with E-state index < -0.39 is 11.7 Å². The monoisotopic (exact) mass is 404 g/mol. The molecule has 4 nitrogen and oxygen atoms in total. The molecule has 0 bridgehead atoms. The highest BCUT2D eigenvalue weighted by molar-refractivity contribution is 5.13. The van der Waals surface area contributed by atoms with Gasteiger partial charge in [0.25, 0.3) is 0 Å². The van der Waals surface area contributed by atoms with Crippen LogP contribution in [0.3, 0.4) is 0 Å². The number of benzene rings is 1. The summed E-state index contributed by atoms with van der Waals surface area (Å²) >= 11 is 0. The van der Waals surface area contributed by atoms with E-state index in [1.54, 1.807) is 6.92 Å². The molecule has 2 aliphatic carbocycles. The topological polar surface area (TPSA) is 69.9 Å². The average molecular weight is 405 g/mol. The summed E-state index contributed by atoms with van der Waals surface area (Å²) in [4.78, 5) is 0. The summed E-state index contributed by atoms with van der Waals surface area (Å²) in [5.74, 6) is 1.55. The molecule has 2 saturated carbocycles. The summed E-state index contributed by atoms with van der Waals surface area (Å²) in [5, 5.41) is 29.8. The predicted molar refractivity (Wildman–Crippen MR) is 115 cm³/mol. The first-order valence-electron chi connectivity index (χ1n) is 11.4. The van der Waals surface area contributed by atoms with Gasteiger partial charge in [-0.2, -0.15) is 0 Å². The van der Waals surface area contributed by atoms with Gasteiger partial charge in [0.15, 0.2) is 0 Å². The van der Waals surface area contributed by atoms with Crippen LogP contribution in [0.25, 0.3) is 0 Å². The molecule has 1 aromatic rings. The summed E-state index contributed by atoms with van der Waals surface area (Å²) in [6, 6.07) is 10.4. The number of hydrogen-bond acceptors (Lipinski definition) is 4. The van der Waals surface area contributed by atoms with Gasteiger partial charge < -0.3 is 20.1 Å². The fraction of sp³-hybridized carbons (Fsp3) is 0.760. The maximum absolute atomic E-state index is 10.5. The minimum absolute atomic E-state index is 0.226. The largest absolute Gasteiger partial charge is 0.393 e. The zero-order valence-corrected chi connectivity index (χ0v) is 18.4. The summed E-state index contributed by atoms with van der Waals surface area (Å²) in [6.45, 7) is 6.66. The highest BCUT2D eigenvalue weighted by Gasteiger charge is 2.53. The lowest BCUT2D eigenvalue weighted by Gasteiger charge is -2.46. The van der Waals surface area contributed by atoms with Gasteiger partial charge in [-0.15, -0.1) is 0 Å². The summed E-state index contributed by atoms with van der Waals surface area (Å²) in [6.07, 6.45) is 6.64. The second-order valence-corrected chi connectivity index (χ2v) is 10.2. The Hall–Kier alpha value is -0.940. The third-order valence-corrected chi connectivity index (χ3v) is 7.79. The minimum atomic E-state index is -1.21. The first kappa shape index (κ1) is 22.7. The molecule has 2 aliphatic rings. The molecule has 3 rings (SSSR count). The molecule has 0 aliphatic heterocycles. The van der Waals surface area contributed by atoms with Crippen molar-refractivity contribution < 1.29 is 20.1 Å². The smallest absolute Gasteiger partial charge is 0.0874 e. The molecular weight excluding hydrogens is 364 g/mol. The van der Waals surface area contributed by atoms with Gasteiger partial charge in [-0.05, 0) is 67.8 Å². The van der Waals surface area contributed by atoms with Crippen molar-refractivity contribution in [3.05, 3.63) is 35.9 Å². The van der Waals surface area contributed by atoms with Crippen LogP contribution in [0.1, 0.15) is 71.3 Å². The Balaban J connectivity index is 1.60. The Morgan fingerprint density at radius 2 is 1.93 bits per heavy atom. The van der Waals surface area contributed by atoms with E-state index in [4.69, 9.17) is 4.74 Å². The molecular formula is C25H40O4. The van der Waals surface area contributed by atoms with Gasteiger partial charge in [0, 0.05) is 6.42 Å². The van der Waals surface area contributed by atoms with Crippen LogP contribution in [0.15, 0.2) is 30.3 Å². The lowest BCUT2D eigenvalue weighted by molar-refractivity contribution is -0.0802. The number of rotatable bonds is 9. The molecule has 4 heteroatoms. The van der Waals surface area contributed by atoms with Gasteiger partial charge in [0.05, 0.1) is 31.0 Å². The minimum Gasteiger partial charge on any atom is -0.393 e. The molecule has 0 unspecified atom stereocenters. The fourth-order valence-corrected chi connectivity index (χ4v) is 6.32. The van der Waals surface area contributed by atoms with Crippen LogP contribution in [-0.4, -0.2) is 39.7 Å². The number of fused-ring (bicyclic) bond motifs is 1. The zero-order valence-electron chi connectivity index (χ0n) is 18.4. The first-order valence-corrected chi connectivity index (χ1v) is 11.4. The van der Waals surface area contributed by atoms with Gasteiger partial charge in [0.2, 0.25) is 0 Å². The van der Waals surface area contributed by atoms with Crippen molar-refractivity contribution in [2.45, 2.75) is 90.1 Å². The van der Waals surface area contributed by atoms with E-state index in [1.807, 2.05) is 6.07 Å². The molecule has 2 fully saturated rings. The van der Waals surface area contributed by atoms with Crippen molar-refractivity contribution in [2.24, 2.45) is 23.2 Å². The van der Waals surface area contributed by atoms with E-state index in [2.05, 4.69) is 38.1 Å². The second-order valence-electron chi connectivity index (χ2n) is 10.2. The van der Waals surface area contributed by atoms with Crippen molar-refractivity contribution >= 4 is 0 Å². The van der Waals surface area contributed by atoms with Crippen molar-refractivity contribution in [2.75, 3.05) is 6.61 Å². The molecule has 0 spiro atoms. The molecule has 0 aromatic heterocycles. The summed E-state index contributed by atoms with van der Waals surface area (Å²) < 4.78 is 6.43. The Labute approximate surface area is 176 Å². The summed E-state index contributed by atoms with van der Waals surface area (Å²) in [5.41, 5.74) is 0.294. The van der Waals surface area contributed by atoms with E-state index in [0.29, 0.717) is 36.9 Å². The molecule has 0 radical (unpaired) electrons. The van der Waals surface area contributed by atoms with E-state index in [1.165, 1.54) is 31.2 Å². The molecule has 0 heterocycles. The number of ether oxygens (including phenoxy) is 1. The SMILES string of the molecule is C[C@H](C[C@H](O)C[C@@](C)(O)CO)[C@H]1CC[C@H]2[C@@H](OCc3ccccc3)CCC[C@]12C. The van der Waals surface area contributed by atoms with Crippen LogP contribution >= 0.6 is 0 Å². The Morgan fingerprint density at radius 3 is 2.62 bits per heavy atom. The summed E-state index contributed by atoms with van der Waals surface area (Å²) in [7, 11) is 0. The Morgan fingerprint density at radius 1 is 1.21 bits per heavy atom. The van der Waals surface area contributed by atoms with Gasteiger partial charge >= 0.3 is 0 Å². The van der Waals surface area contributed by atoms with Crippen LogP contribution in [0.2, 0.25) is 0 Å². The molecule has 0 amide bonds. The van der Waals surface area contributed by atoms with E-state index in [9.17, 15) is 15.3 Å². The average Bonchev–Trinajstić information content (AvgIpc) is 3.04. The molecule has 7 atom stereocenters. The fourth-order valence-electron chi connectivity index (χ4n) is 6.32. The van der Waals surface area contributed by atoms with E-state index in [0.717, 1.165) is 6.42 Å².